The van der Waals surface area contributed by atoms with Gasteiger partial charge in [-0.25, -0.2) is 9.88 Å². The van der Waals surface area contributed by atoms with Crippen molar-refractivity contribution in [2.75, 3.05) is 7.11 Å². The van der Waals surface area contributed by atoms with Gasteiger partial charge in [-0.3, -0.25) is 9.59 Å². The Morgan fingerprint density at radius 2 is 1.68 bits per heavy atom. The normalized spacial score (nSPS) is 14.1. The summed E-state index contributed by atoms with van der Waals surface area (Å²) in [5.74, 6) is -0.367. The minimum atomic E-state index is -0.833. The van der Waals surface area contributed by atoms with Crippen LogP contribution in [0.2, 0.25) is 0 Å². The zero-order valence-electron chi connectivity index (χ0n) is 16.2. The molecule has 1 aromatic heterocycles. The number of benzene rings is 1. The number of esters is 1. The molecule has 0 amide bonds. The van der Waals surface area contributed by atoms with E-state index >= 15 is 0 Å². The van der Waals surface area contributed by atoms with Crippen molar-refractivity contribution in [3.05, 3.63) is 24.3 Å². The second-order valence-electron chi connectivity index (χ2n) is 5.84. The van der Waals surface area contributed by atoms with E-state index in [1.54, 1.807) is 0 Å². The fraction of sp³-hybridized carbons (Fsp3) is 0.500. The van der Waals surface area contributed by atoms with Crippen LogP contribution in [0.25, 0.3) is 10.2 Å². The first-order valence-corrected chi connectivity index (χ1v) is 10.2. The molecule has 0 bridgehead atoms. The van der Waals surface area contributed by atoms with Gasteiger partial charge in [0.15, 0.2) is 9.45 Å². The Morgan fingerprint density at radius 1 is 1.11 bits per heavy atom. The number of hydrogen-bond acceptors (Lipinski definition) is 10. The molecule has 0 radical (unpaired) electrons. The summed E-state index contributed by atoms with van der Waals surface area (Å²) in [6.45, 7) is 4.46. The Kier molecular flexibility index (Phi) is 10.6. The van der Waals surface area contributed by atoms with E-state index in [0.717, 1.165) is 22.0 Å². The molecule has 1 aromatic carbocycles. The molecule has 0 spiro atoms. The number of hydrogen-bond donors (Lipinski definition) is 3. The summed E-state index contributed by atoms with van der Waals surface area (Å²) in [5, 5.41) is 26.8. The summed E-state index contributed by atoms with van der Waals surface area (Å²) in [4.78, 5) is 28.1. The van der Waals surface area contributed by atoms with E-state index in [0.29, 0.717) is 4.34 Å². The maximum Gasteiger partial charge on any atom is 0.305 e. The molecule has 0 fully saturated rings. The molecular formula is C18H26N2O6S2. The lowest BCUT2D eigenvalue weighted by molar-refractivity contribution is -0.159. The monoisotopic (exact) mass is 430 g/mol. The van der Waals surface area contributed by atoms with E-state index in [4.69, 9.17) is 15.3 Å². The van der Waals surface area contributed by atoms with E-state index in [9.17, 15) is 9.59 Å². The number of aromatic nitrogens is 1. The van der Waals surface area contributed by atoms with Gasteiger partial charge in [0.1, 0.15) is 18.7 Å². The van der Waals surface area contributed by atoms with Gasteiger partial charge in [0, 0.05) is 6.42 Å². The van der Waals surface area contributed by atoms with E-state index in [-0.39, 0.29) is 23.9 Å². The van der Waals surface area contributed by atoms with Gasteiger partial charge in [-0.2, -0.15) is 0 Å². The van der Waals surface area contributed by atoms with Crippen molar-refractivity contribution in [1.29, 1.82) is 0 Å². The molecule has 3 atom stereocenters. The fourth-order valence-electron chi connectivity index (χ4n) is 2.29. The lowest BCUT2D eigenvalue weighted by atomic mass is 10.3. The van der Waals surface area contributed by atoms with Gasteiger partial charge in [0.05, 0.1) is 23.7 Å². The van der Waals surface area contributed by atoms with Gasteiger partial charge in [-0.1, -0.05) is 12.1 Å². The second-order valence-corrected chi connectivity index (χ2v) is 8.18. The summed E-state index contributed by atoms with van der Waals surface area (Å²) in [5.41, 5.74) is 0.894. The number of carbonyl (C=O) groups excluding carboxylic acids is 2. The van der Waals surface area contributed by atoms with Crippen molar-refractivity contribution in [3.63, 3.8) is 0 Å². The van der Waals surface area contributed by atoms with Gasteiger partial charge in [0.25, 0.3) is 0 Å². The van der Waals surface area contributed by atoms with Crippen LogP contribution in [0.15, 0.2) is 28.6 Å². The SMILES string of the molecule is CC(O)N(C(C)O)C(C)O.COC(=O)CCC(=O)Sc1nc2ccccc2s1. The Bertz CT molecular complexity index is 711. The molecule has 2 aromatic rings. The third-order valence-electron chi connectivity index (χ3n) is 3.53. The summed E-state index contributed by atoms with van der Waals surface area (Å²) in [7, 11) is 1.31. The molecular weight excluding hydrogens is 404 g/mol. The molecule has 3 N–H and O–H groups in total. The average molecular weight is 431 g/mol. The number of ether oxygens (including phenoxy) is 1. The first-order valence-electron chi connectivity index (χ1n) is 8.60. The van der Waals surface area contributed by atoms with Crippen LogP contribution >= 0.6 is 23.1 Å². The van der Waals surface area contributed by atoms with Crippen molar-refractivity contribution in [3.8, 4) is 0 Å². The smallest absolute Gasteiger partial charge is 0.305 e. The number of aliphatic hydroxyl groups excluding tert-OH is 3. The topological polar surface area (TPSA) is 120 Å². The molecule has 156 valence electrons. The van der Waals surface area contributed by atoms with Crippen LogP contribution in [-0.2, 0) is 14.3 Å². The lowest BCUT2D eigenvalue weighted by Crippen LogP contribution is -2.45. The molecule has 3 unspecified atom stereocenters. The zero-order chi connectivity index (χ0) is 21.3. The third-order valence-corrected chi connectivity index (χ3v) is 5.56. The van der Waals surface area contributed by atoms with Gasteiger partial charge >= 0.3 is 5.97 Å². The standard InChI is InChI=1S/C12H11NO3S2.C6H15NO3/c1-16-10(14)6-7-11(15)18-12-13-8-4-2-3-5-9(8)17-12;1-4(8)7(5(2)9)6(3)10/h2-5H,6-7H2,1H3;4-6,8-10H,1-3H3. The molecule has 0 saturated carbocycles. The van der Waals surface area contributed by atoms with Gasteiger partial charge < -0.3 is 20.1 Å². The number of aliphatic hydroxyl groups is 3. The molecule has 8 nitrogen and oxygen atoms in total. The average Bonchev–Trinajstić information content (AvgIpc) is 3.01. The Hall–Kier alpha value is -1.56. The van der Waals surface area contributed by atoms with Gasteiger partial charge in [-0.05, 0) is 44.7 Å². The number of rotatable bonds is 7. The van der Waals surface area contributed by atoms with Crippen molar-refractivity contribution < 1.29 is 29.6 Å². The highest BCUT2D eigenvalue weighted by Crippen LogP contribution is 2.30. The molecule has 0 saturated heterocycles. The first kappa shape index (κ1) is 24.5. The van der Waals surface area contributed by atoms with Crippen LogP contribution in [0.4, 0.5) is 0 Å². The summed E-state index contributed by atoms with van der Waals surface area (Å²) in [6.07, 6.45) is -2.21. The maximum atomic E-state index is 11.6. The lowest BCUT2D eigenvalue weighted by Gasteiger charge is -2.30. The molecule has 2 rings (SSSR count). The predicted molar refractivity (Wildman–Crippen MR) is 109 cm³/mol. The minimum absolute atomic E-state index is 0.0699. The summed E-state index contributed by atoms with van der Waals surface area (Å²) < 4.78 is 6.26. The number of para-hydroxylation sites is 1. The fourth-order valence-corrected chi connectivity index (χ4v) is 4.24. The Balaban J connectivity index is 0.000000336. The van der Waals surface area contributed by atoms with Crippen LogP contribution in [0.3, 0.4) is 0 Å². The van der Waals surface area contributed by atoms with Crippen LogP contribution in [0.5, 0.6) is 0 Å². The summed E-state index contributed by atoms with van der Waals surface area (Å²) in [6, 6.07) is 7.73. The molecule has 0 aliphatic heterocycles. The first-order chi connectivity index (χ1) is 13.1. The molecule has 10 heteroatoms. The van der Waals surface area contributed by atoms with Gasteiger partial charge in [0.2, 0.25) is 0 Å². The maximum absolute atomic E-state index is 11.6. The van der Waals surface area contributed by atoms with Crippen LogP contribution in [0, 0.1) is 0 Å². The van der Waals surface area contributed by atoms with E-state index < -0.39 is 18.7 Å². The number of methoxy groups -OCH3 is 1. The molecule has 1 heterocycles. The van der Waals surface area contributed by atoms with Crippen molar-refractivity contribution >= 4 is 44.4 Å². The van der Waals surface area contributed by atoms with E-state index in [1.807, 2.05) is 24.3 Å². The highest BCUT2D eigenvalue weighted by atomic mass is 32.2. The van der Waals surface area contributed by atoms with E-state index in [2.05, 4.69) is 9.72 Å². The highest BCUT2D eigenvalue weighted by molar-refractivity contribution is 8.15. The molecule has 0 aliphatic carbocycles. The molecule has 28 heavy (non-hydrogen) atoms. The zero-order valence-corrected chi connectivity index (χ0v) is 17.9. The number of thiazole rings is 1. The van der Waals surface area contributed by atoms with Crippen molar-refractivity contribution in [2.45, 2.75) is 56.6 Å². The highest BCUT2D eigenvalue weighted by Gasteiger charge is 2.20. The minimum Gasteiger partial charge on any atom is -0.469 e. The number of nitrogens with zero attached hydrogens (tertiary/aromatic N) is 2. The third kappa shape index (κ3) is 8.21. The second kappa shape index (κ2) is 12.1. The Morgan fingerprint density at radius 3 is 2.14 bits per heavy atom. The Labute approximate surface area is 172 Å². The van der Waals surface area contributed by atoms with Crippen molar-refractivity contribution in [2.24, 2.45) is 0 Å². The number of fused-ring (bicyclic) bond motifs is 1. The quantitative estimate of drug-likeness (QED) is 0.345. The van der Waals surface area contributed by atoms with Crippen LogP contribution < -0.4 is 0 Å². The molecule has 0 aliphatic rings. The largest absolute Gasteiger partial charge is 0.469 e. The predicted octanol–water partition coefficient (Wildman–Crippen LogP) is 2.17. The van der Waals surface area contributed by atoms with Crippen LogP contribution in [-0.4, -0.2) is 62.1 Å². The van der Waals surface area contributed by atoms with Gasteiger partial charge in [-0.15, -0.1) is 11.3 Å². The van der Waals surface area contributed by atoms with Crippen LogP contribution in [0.1, 0.15) is 33.6 Å². The van der Waals surface area contributed by atoms with Crippen molar-refractivity contribution in [1.82, 2.24) is 9.88 Å². The summed E-state index contributed by atoms with van der Waals surface area (Å²) >= 11 is 2.56. The number of carbonyl (C=O) groups is 2. The number of thioether (sulfide) groups is 1. The van der Waals surface area contributed by atoms with E-state index in [1.165, 1.54) is 44.1 Å².